The molecule has 0 fully saturated rings. The second kappa shape index (κ2) is 6.58. The smallest absolute Gasteiger partial charge is 0.313 e. The minimum atomic E-state index is -4.25. The van der Waals surface area contributed by atoms with E-state index in [4.69, 9.17) is 0 Å². The highest BCUT2D eigenvalue weighted by Crippen LogP contribution is 2.24. The van der Waals surface area contributed by atoms with Gasteiger partial charge in [0.15, 0.2) is 9.84 Å². The van der Waals surface area contributed by atoms with Crippen LogP contribution < -0.4 is 5.32 Å². The van der Waals surface area contributed by atoms with Gasteiger partial charge in [-0.15, -0.1) is 0 Å². The van der Waals surface area contributed by atoms with Crippen molar-refractivity contribution in [3.63, 3.8) is 0 Å². The molecule has 0 aromatic rings. The van der Waals surface area contributed by atoms with Crippen molar-refractivity contribution >= 4 is 9.84 Å². The van der Waals surface area contributed by atoms with Crippen molar-refractivity contribution in [2.45, 2.75) is 50.6 Å². The van der Waals surface area contributed by atoms with E-state index in [-0.39, 0.29) is 6.42 Å². The maximum Gasteiger partial charge on any atom is 0.389 e. The lowest BCUT2D eigenvalue weighted by Gasteiger charge is -2.24. The summed E-state index contributed by atoms with van der Waals surface area (Å²) in [6, 6.07) is -0.647. The van der Waals surface area contributed by atoms with Gasteiger partial charge in [0.1, 0.15) is 0 Å². The molecule has 3 nitrogen and oxygen atoms in total. The van der Waals surface area contributed by atoms with Gasteiger partial charge < -0.3 is 5.32 Å². The van der Waals surface area contributed by atoms with Crippen LogP contribution in [0.25, 0.3) is 0 Å². The molecule has 1 N–H and O–H groups in total. The van der Waals surface area contributed by atoms with E-state index in [1.165, 1.54) is 6.92 Å². The van der Waals surface area contributed by atoms with Crippen molar-refractivity contribution in [1.29, 1.82) is 0 Å². The lowest BCUT2D eigenvalue weighted by Crippen LogP contribution is -2.43. The first-order chi connectivity index (χ1) is 7.58. The quantitative estimate of drug-likeness (QED) is 0.774. The van der Waals surface area contributed by atoms with Gasteiger partial charge in [-0.3, -0.25) is 0 Å². The van der Waals surface area contributed by atoms with Crippen LogP contribution in [0, 0.1) is 0 Å². The summed E-state index contributed by atoms with van der Waals surface area (Å²) < 4.78 is 59.0. The SMILES string of the molecule is CCCNC(CCC(F)(F)F)C(C)S(C)(=O)=O. The van der Waals surface area contributed by atoms with Crippen LogP contribution in [0.4, 0.5) is 13.2 Å². The molecule has 0 rings (SSSR count). The first-order valence-electron chi connectivity index (χ1n) is 5.57. The van der Waals surface area contributed by atoms with Crippen LogP contribution in [0.1, 0.15) is 33.1 Å². The van der Waals surface area contributed by atoms with Crippen molar-refractivity contribution in [2.75, 3.05) is 12.8 Å². The summed E-state index contributed by atoms with van der Waals surface area (Å²) >= 11 is 0. The van der Waals surface area contributed by atoms with Crippen molar-refractivity contribution in [1.82, 2.24) is 5.32 Å². The van der Waals surface area contributed by atoms with Crippen molar-refractivity contribution < 1.29 is 21.6 Å². The maximum atomic E-state index is 12.1. The average molecular weight is 275 g/mol. The predicted octanol–water partition coefficient (Wildman–Crippen LogP) is 2.13. The number of nitrogens with one attached hydrogen (secondary N) is 1. The highest BCUT2D eigenvalue weighted by atomic mass is 32.2. The highest BCUT2D eigenvalue weighted by Gasteiger charge is 2.32. The third kappa shape index (κ3) is 7.59. The molecule has 0 spiro atoms. The van der Waals surface area contributed by atoms with Crippen molar-refractivity contribution in [3.05, 3.63) is 0 Å². The molecular weight excluding hydrogens is 255 g/mol. The number of sulfone groups is 1. The molecule has 0 heterocycles. The van der Waals surface area contributed by atoms with E-state index in [1.807, 2.05) is 6.92 Å². The fourth-order valence-corrected chi connectivity index (χ4v) is 2.28. The molecule has 0 aliphatic carbocycles. The molecule has 0 bridgehead atoms. The third-order valence-corrected chi connectivity index (χ3v) is 4.32. The molecule has 0 aromatic heterocycles. The lowest BCUT2D eigenvalue weighted by atomic mass is 10.1. The van der Waals surface area contributed by atoms with Gasteiger partial charge in [0.2, 0.25) is 0 Å². The van der Waals surface area contributed by atoms with Crippen LogP contribution in [0.15, 0.2) is 0 Å². The molecule has 0 aliphatic rings. The molecule has 17 heavy (non-hydrogen) atoms. The Morgan fingerprint density at radius 3 is 2.18 bits per heavy atom. The van der Waals surface area contributed by atoms with Gasteiger partial charge in [-0.1, -0.05) is 6.92 Å². The zero-order valence-corrected chi connectivity index (χ0v) is 11.2. The second-order valence-electron chi connectivity index (χ2n) is 4.25. The zero-order valence-electron chi connectivity index (χ0n) is 10.3. The Kier molecular flexibility index (Phi) is 6.47. The Bertz CT molecular complexity index is 314. The van der Waals surface area contributed by atoms with Gasteiger partial charge in [0.05, 0.1) is 5.25 Å². The number of rotatable bonds is 7. The van der Waals surface area contributed by atoms with Crippen LogP contribution >= 0.6 is 0 Å². The molecule has 0 saturated carbocycles. The van der Waals surface area contributed by atoms with E-state index in [1.54, 1.807) is 0 Å². The van der Waals surface area contributed by atoms with E-state index >= 15 is 0 Å². The first kappa shape index (κ1) is 16.7. The van der Waals surface area contributed by atoms with Crippen molar-refractivity contribution in [2.24, 2.45) is 0 Å². The van der Waals surface area contributed by atoms with E-state index < -0.39 is 33.7 Å². The summed E-state index contributed by atoms with van der Waals surface area (Å²) in [5.74, 6) is 0. The fraction of sp³-hybridized carbons (Fsp3) is 1.00. The Balaban J connectivity index is 4.54. The summed E-state index contributed by atoms with van der Waals surface area (Å²) in [7, 11) is -3.33. The average Bonchev–Trinajstić information content (AvgIpc) is 2.14. The van der Waals surface area contributed by atoms with E-state index in [0.29, 0.717) is 6.54 Å². The molecule has 104 valence electrons. The monoisotopic (exact) mass is 275 g/mol. The molecule has 0 saturated heterocycles. The molecule has 0 radical (unpaired) electrons. The molecule has 0 aromatic carbocycles. The van der Waals surface area contributed by atoms with Gasteiger partial charge in [-0.05, 0) is 26.3 Å². The van der Waals surface area contributed by atoms with Crippen LogP contribution in [-0.2, 0) is 9.84 Å². The molecule has 0 aliphatic heterocycles. The normalized spacial score (nSPS) is 16.8. The number of alkyl halides is 3. The van der Waals surface area contributed by atoms with Gasteiger partial charge >= 0.3 is 6.18 Å². The van der Waals surface area contributed by atoms with Crippen molar-refractivity contribution in [3.8, 4) is 0 Å². The summed E-state index contributed by atoms with van der Waals surface area (Å²) in [5, 5.41) is 2.06. The van der Waals surface area contributed by atoms with Crippen LogP contribution in [0.5, 0.6) is 0 Å². The minimum Gasteiger partial charge on any atom is -0.313 e. The molecule has 0 amide bonds. The number of halogens is 3. The van der Waals surface area contributed by atoms with E-state index in [0.717, 1.165) is 12.7 Å². The largest absolute Gasteiger partial charge is 0.389 e. The minimum absolute atomic E-state index is 0.211. The molecular formula is C10H20F3NO2S. The van der Waals surface area contributed by atoms with E-state index in [2.05, 4.69) is 5.32 Å². The van der Waals surface area contributed by atoms with Gasteiger partial charge in [-0.2, -0.15) is 13.2 Å². The van der Waals surface area contributed by atoms with Crippen LogP contribution in [0.3, 0.4) is 0 Å². The van der Waals surface area contributed by atoms with Gasteiger partial charge in [0, 0.05) is 18.7 Å². The van der Waals surface area contributed by atoms with Gasteiger partial charge in [0.25, 0.3) is 0 Å². The van der Waals surface area contributed by atoms with E-state index in [9.17, 15) is 21.6 Å². The standard InChI is InChI=1S/C10H20F3NO2S/c1-4-7-14-9(5-6-10(11,12)13)8(2)17(3,15)16/h8-9,14H,4-7H2,1-3H3. The molecule has 2 unspecified atom stereocenters. The topological polar surface area (TPSA) is 46.2 Å². The third-order valence-electron chi connectivity index (χ3n) is 2.64. The predicted molar refractivity (Wildman–Crippen MR) is 61.7 cm³/mol. The highest BCUT2D eigenvalue weighted by molar-refractivity contribution is 7.91. The van der Waals surface area contributed by atoms with Crippen LogP contribution in [0.2, 0.25) is 0 Å². The number of hydrogen-bond acceptors (Lipinski definition) is 3. The summed E-state index contributed by atoms with van der Waals surface area (Å²) in [4.78, 5) is 0. The Morgan fingerprint density at radius 1 is 1.29 bits per heavy atom. The summed E-state index contributed by atoms with van der Waals surface area (Å²) in [6.45, 7) is 3.83. The Hall–Kier alpha value is -0.300. The molecule has 2 atom stereocenters. The first-order valence-corrected chi connectivity index (χ1v) is 7.52. The maximum absolute atomic E-state index is 12.1. The molecule has 7 heteroatoms. The summed E-state index contributed by atoms with van der Waals surface area (Å²) in [6.07, 6.45) is -3.62. The van der Waals surface area contributed by atoms with Gasteiger partial charge in [-0.25, -0.2) is 8.42 Å². The fourth-order valence-electron chi connectivity index (χ4n) is 1.45. The lowest BCUT2D eigenvalue weighted by molar-refractivity contribution is -0.136. The zero-order chi connectivity index (χ0) is 13.7. The van der Waals surface area contributed by atoms with Crippen LogP contribution in [-0.4, -0.2) is 38.7 Å². The Morgan fingerprint density at radius 2 is 1.82 bits per heavy atom. The second-order valence-corrected chi connectivity index (χ2v) is 6.65. The summed E-state index contributed by atoms with van der Waals surface area (Å²) in [5.41, 5.74) is 0. The number of hydrogen-bond donors (Lipinski definition) is 1. The Labute approximate surface area is 101 Å².